The first kappa shape index (κ1) is 27.5. The lowest BCUT2D eigenvalue weighted by atomic mass is 10.2. The molecular weight excluding hydrogens is 470 g/mol. The summed E-state index contributed by atoms with van der Waals surface area (Å²) in [6.45, 7) is 13.3. The van der Waals surface area contributed by atoms with Gasteiger partial charge in [0.2, 0.25) is 0 Å². The first-order valence-electron chi connectivity index (χ1n) is 12.2. The molecule has 9 nitrogen and oxygen atoms in total. The van der Waals surface area contributed by atoms with Crippen molar-refractivity contribution in [1.82, 2.24) is 15.1 Å². The molecule has 194 valence electrons. The number of rotatable bonds is 12. The van der Waals surface area contributed by atoms with Crippen LogP contribution in [0.25, 0.3) is 0 Å². The highest BCUT2D eigenvalue weighted by molar-refractivity contribution is 5.92. The van der Waals surface area contributed by atoms with Crippen molar-refractivity contribution in [1.29, 1.82) is 5.26 Å². The van der Waals surface area contributed by atoms with Crippen LogP contribution in [0.3, 0.4) is 0 Å². The number of carbonyl (C=O) groups is 2. The lowest BCUT2D eigenvalue weighted by Gasteiger charge is -2.30. The van der Waals surface area contributed by atoms with E-state index in [4.69, 9.17) is 9.47 Å². The average Bonchev–Trinajstić information content (AvgIpc) is 2.91. The Morgan fingerprint density at radius 3 is 2.59 bits per heavy atom. The predicted molar refractivity (Wildman–Crippen MR) is 142 cm³/mol. The van der Waals surface area contributed by atoms with Gasteiger partial charge in [0.15, 0.2) is 0 Å². The van der Waals surface area contributed by atoms with Gasteiger partial charge in [-0.2, -0.15) is 5.26 Å². The molecule has 1 fully saturated rings. The molecule has 0 aromatic heterocycles. The average molecular weight is 504 g/mol. The number of hydrogen-bond acceptors (Lipinski definition) is 7. The van der Waals surface area contributed by atoms with Gasteiger partial charge in [0.1, 0.15) is 11.8 Å². The second kappa shape index (κ2) is 14.4. The maximum atomic E-state index is 13.2. The summed E-state index contributed by atoms with van der Waals surface area (Å²) in [6.07, 6.45) is 1.65. The fourth-order valence-corrected chi connectivity index (χ4v) is 3.92. The zero-order valence-electron chi connectivity index (χ0n) is 20.9. The second-order valence-electron chi connectivity index (χ2n) is 8.59. The minimum Gasteiger partial charge on any atom is -0.492 e. The number of urea groups is 1. The molecule has 3 rings (SSSR count). The summed E-state index contributed by atoms with van der Waals surface area (Å²) >= 11 is 0. The number of hydrogen-bond donors (Lipinski definition) is 2. The Bertz CT molecular complexity index is 1120. The van der Waals surface area contributed by atoms with E-state index < -0.39 is 5.97 Å². The third-order valence-corrected chi connectivity index (χ3v) is 5.76. The smallest absolute Gasteiger partial charge is 0.342 e. The lowest BCUT2D eigenvalue weighted by Crippen LogP contribution is -2.45. The number of piperazine rings is 1. The number of esters is 1. The van der Waals surface area contributed by atoms with Crippen LogP contribution < -0.4 is 15.4 Å². The number of nitriles is 1. The predicted octanol–water partition coefficient (Wildman–Crippen LogP) is 3.62. The van der Waals surface area contributed by atoms with Crippen LogP contribution in [0.5, 0.6) is 5.75 Å². The summed E-state index contributed by atoms with van der Waals surface area (Å²) in [7, 11) is 0. The van der Waals surface area contributed by atoms with Crippen LogP contribution in [0.1, 0.15) is 22.3 Å². The highest BCUT2D eigenvalue weighted by atomic mass is 16.5. The summed E-state index contributed by atoms with van der Waals surface area (Å²) < 4.78 is 10.6. The zero-order chi connectivity index (χ0) is 26.5. The van der Waals surface area contributed by atoms with E-state index in [0.29, 0.717) is 48.7 Å². The van der Waals surface area contributed by atoms with Gasteiger partial charge in [0.05, 0.1) is 24.0 Å². The van der Waals surface area contributed by atoms with E-state index in [9.17, 15) is 14.9 Å². The van der Waals surface area contributed by atoms with Gasteiger partial charge in [0.25, 0.3) is 0 Å². The number of para-hydroxylation sites is 1. The third kappa shape index (κ3) is 8.79. The quantitative estimate of drug-likeness (QED) is 0.197. The molecular formula is C28H33N5O4. The van der Waals surface area contributed by atoms with Crippen LogP contribution in [0, 0.1) is 11.3 Å². The Labute approximate surface area is 218 Å². The first-order valence-corrected chi connectivity index (χ1v) is 12.2. The number of carbonyl (C=O) groups excluding carboxylic acids is 2. The Morgan fingerprint density at radius 2 is 1.89 bits per heavy atom. The maximum absolute atomic E-state index is 13.2. The second-order valence-corrected chi connectivity index (χ2v) is 8.59. The van der Waals surface area contributed by atoms with Crippen LogP contribution >= 0.6 is 0 Å². The van der Waals surface area contributed by atoms with Gasteiger partial charge in [-0.1, -0.05) is 25.3 Å². The van der Waals surface area contributed by atoms with Gasteiger partial charge in [-0.3, -0.25) is 4.90 Å². The Morgan fingerprint density at radius 1 is 1.16 bits per heavy atom. The highest BCUT2D eigenvalue weighted by Gasteiger charge is 2.18. The van der Waals surface area contributed by atoms with E-state index in [1.807, 2.05) is 6.07 Å². The van der Waals surface area contributed by atoms with E-state index in [-0.39, 0.29) is 6.03 Å². The molecule has 0 bridgehead atoms. The number of amides is 2. The summed E-state index contributed by atoms with van der Waals surface area (Å²) in [4.78, 5) is 29.0. The van der Waals surface area contributed by atoms with Crippen molar-refractivity contribution in [3.8, 4) is 11.8 Å². The van der Waals surface area contributed by atoms with Crippen LogP contribution in [0.2, 0.25) is 0 Å². The Balaban J connectivity index is 1.60. The molecule has 0 aliphatic carbocycles. The summed E-state index contributed by atoms with van der Waals surface area (Å²) in [6, 6.07) is 15.4. The molecule has 0 atom stereocenters. The van der Waals surface area contributed by atoms with Crippen LogP contribution in [-0.2, 0) is 4.74 Å². The number of nitrogens with zero attached hydrogens (tertiary/aromatic N) is 3. The highest BCUT2D eigenvalue weighted by Crippen LogP contribution is 2.17. The molecule has 2 N–H and O–H groups in total. The molecule has 2 aromatic carbocycles. The molecule has 2 aromatic rings. The maximum Gasteiger partial charge on any atom is 0.342 e. The SMILES string of the molecule is C=COC(=O)c1ccc(NC(=O)N(CCCOc2ccccc2C#N)CC(=C)CN2CCNCC2)cc1. The number of benzene rings is 2. The largest absolute Gasteiger partial charge is 0.492 e. The molecule has 37 heavy (non-hydrogen) atoms. The van der Waals surface area contributed by atoms with Crippen molar-refractivity contribution < 1.29 is 19.1 Å². The summed E-state index contributed by atoms with van der Waals surface area (Å²) in [5.74, 6) is 0.0101. The van der Waals surface area contributed by atoms with Crippen molar-refractivity contribution in [2.75, 3.05) is 57.7 Å². The van der Waals surface area contributed by atoms with Gasteiger partial charge >= 0.3 is 12.0 Å². The van der Waals surface area contributed by atoms with Crippen molar-refractivity contribution in [2.24, 2.45) is 0 Å². The number of ether oxygens (including phenoxy) is 2. The molecule has 1 heterocycles. The summed E-state index contributed by atoms with van der Waals surface area (Å²) in [5.41, 5.74) is 2.32. The molecule has 9 heteroatoms. The topological polar surface area (TPSA) is 107 Å². The van der Waals surface area contributed by atoms with E-state index in [2.05, 4.69) is 34.8 Å². The van der Waals surface area contributed by atoms with E-state index >= 15 is 0 Å². The lowest BCUT2D eigenvalue weighted by molar-refractivity contribution is 0.0664. The van der Waals surface area contributed by atoms with Gasteiger partial charge < -0.3 is 25.0 Å². The molecule has 1 aliphatic heterocycles. The van der Waals surface area contributed by atoms with Crippen molar-refractivity contribution in [3.63, 3.8) is 0 Å². The Hall–Kier alpha value is -4.13. The normalized spacial score (nSPS) is 13.2. The van der Waals surface area contributed by atoms with Crippen molar-refractivity contribution >= 4 is 17.7 Å². The zero-order valence-corrected chi connectivity index (χ0v) is 20.9. The van der Waals surface area contributed by atoms with Gasteiger partial charge in [-0.15, -0.1) is 0 Å². The van der Waals surface area contributed by atoms with Gasteiger partial charge in [-0.25, -0.2) is 9.59 Å². The minimum absolute atomic E-state index is 0.277. The van der Waals surface area contributed by atoms with E-state index in [1.54, 1.807) is 47.4 Å². The van der Waals surface area contributed by atoms with Crippen molar-refractivity contribution in [2.45, 2.75) is 6.42 Å². The third-order valence-electron chi connectivity index (χ3n) is 5.76. The molecule has 0 unspecified atom stereocenters. The standard InChI is InChI=1S/C28H33N5O4/c1-3-36-27(34)23-9-11-25(12-10-23)31-28(35)33(21-22(2)20-32-16-13-30-14-17-32)15-6-18-37-26-8-5-4-7-24(26)19-29/h3-5,7-12,30H,1-2,6,13-18,20-21H2,(H,31,35). The van der Waals surface area contributed by atoms with Crippen LogP contribution in [-0.4, -0.2) is 74.2 Å². The molecule has 0 spiro atoms. The minimum atomic E-state index is -0.517. The molecule has 2 amide bonds. The van der Waals surface area contributed by atoms with Gasteiger partial charge in [-0.05, 0) is 48.4 Å². The molecule has 0 radical (unpaired) electrons. The van der Waals surface area contributed by atoms with Crippen LogP contribution in [0.15, 0.2) is 73.5 Å². The van der Waals surface area contributed by atoms with E-state index in [0.717, 1.165) is 44.6 Å². The molecule has 0 saturated carbocycles. The van der Waals surface area contributed by atoms with Crippen LogP contribution in [0.4, 0.5) is 10.5 Å². The van der Waals surface area contributed by atoms with E-state index in [1.165, 1.54) is 0 Å². The van der Waals surface area contributed by atoms with Gasteiger partial charge in [0, 0.05) is 51.5 Å². The van der Waals surface area contributed by atoms with Crippen molar-refractivity contribution in [3.05, 3.63) is 84.7 Å². The molecule has 1 aliphatic rings. The monoisotopic (exact) mass is 503 g/mol. The summed E-state index contributed by atoms with van der Waals surface area (Å²) in [5, 5.41) is 15.5. The number of anilines is 1. The fourth-order valence-electron chi connectivity index (χ4n) is 3.92. The first-order chi connectivity index (χ1) is 18.0. The Kier molecular flexibility index (Phi) is 10.7. The fraction of sp³-hybridized carbons (Fsp3) is 0.321. The molecule has 1 saturated heterocycles. The number of nitrogens with one attached hydrogen (secondary N) is 2.